The van der Waals surface area contributed by atoms with Crippen LogP contribution in [0, 0.1) is 10.1 Å². The van der Waals surface area contributed by atoms with Gasteiger partial charge in [0, 0.05) is 12.1 Å². The summed E-state index contributed by atoms with van der Waals surface area (Å²) in [6.07, 6.45) is -4.78. The number of rotatable bonds is 7. The standard InChI is InChI=1S/C16H12ClF3N2O6S/c17-13-6-3-11(16(18,19)20)7-14(13)29(26,27)21-8-15(23)28-9-10-1-4-12(5-2-10)22(24)25/h1-7,21H,8-9H2. The first-order valence-electron chi connectivity index (χ1n) is 7.65. The molecule has 2 rings (SSSR count). The fourth-order valence-electron chi connectivity index (χ4n) is 2.05. The highest BCUT2D eigenvalue weighted by Crippen LogP contribution is 2.33. The molecule has 0 aliphatic carbocycles. The van der Waals surface area contributed by atoms with E-state index < -0.39 is 49.1 Å². The Morgan fingerprint density at radius 1 is 1.17 bits per heavy atom. The second kappa shape index (κ2) is 8.76. The lowest BCUT2D eigenvalue weighted by Gasteiger charge is -2.12. The van der Waals surface area contributed by atoms with E-state index in [1.807, 2.05) is 4.72 Å². The number of nitro benzene ring substituents is 1. The Labute approximate surface area is 167 Å². The van der Waals surface area contributed by atoms with Gasteiger partial charge in [-0.3, -0.25) is 14.9 Å². The van der Waals surface area contributed by atoms with Gasteiger partial charge in [-0.05, 0) is 35.9 Å². The summed E-state index contributed by atoms with van der Waals surface area (Å²) in [7, 11) is -4.52. The second-order valence-corrected chi connectivity index (χ2v) is 7.69. The van der Waals surface area contributed by atoms with Crippen molar-refractivity contribution in [3.8, 4) is 0 Å². The molecule has 0 amide bonds. The van der Waals surface area contributed by atoms with Gasteiger partial charge in [0.05, 0.1) is 15.5 Å². The number of esters is 1. The molecule has 0 spiro atoms. The molecule has 8 nitrogen and oxygen atoms in total. The maximum absolute atomic E-state index is 12.8. The summed E-state index contributed by atoms with van der Waals surface area (Å²) < 4.78 is 69.3. The Kier molecular flexibility index (Phi) is 6.82. The van der Waals surface area contributed by atoms with Gasteiger partial charge in [0.1, 0.15) is 18.0 Å². The van der Waals surface area contributed by atoms with Crippen molar-refractivity contribution in [3.05, 3.63) is 68.7 Å². The molecule has 29 heavy (non-hydrogen) atoms. The van der Waals surface area contributed by atoms with Crippen molar-refractivity contribution in [1.82, 2.24) is 4.72 Å². The first-order chi connectivity index (χ1) is 13.4. The molecule has 0 fully saturated rings. The average Bonchev–Trinajstić information content (AvgIpc) is 2.64. The van der Waals surface area contributed by atoms with E-state index in [4.69, 9.17) is 16.3 Å². The summed E-state index contributed by atoms with van der Waals surface area (Å²) in [5.74, 6) is -1.02. The predicted octanol–water partition coefficient (Wildman–Crippen LogP) is 3.29. The monoisotopic (exact) mass is 452 g/mol. The predicted molar refractivity (Wildman–Crippen MR) is 94.5 cm³/mol. The zero-order valence-electron chi connectivity index (χ0n) is 14.3. The van der Waals surface area contributed by atoms with Crippen LogP contribution in [0.5, 0.6) is 0 Å². The number of carbonyl (C=O) groups excluding carboxylic acids is 1. The number of nitrogens with zero attached hydrogens (tertiary/aromatic N) is 1. The van der Waals surface area contributed by atoms with E-state index in [1.54, 1.807) is 0 Å². The maximum Gasteiger partial charge on any atom is 0.416 e. The Bertz CT molecular complexity index is 1030. The molecule has 2 aromatic carbocycles. The Hall–Kier alpha value is -2.70. The van der Waals surface area contributed by atoms with Gasteiger partial charge in [-0.25, -0.2) is 8.42 Å². The Morgan fingerprint density at radius 3 is 2.34 bits per heavy atom. The molecule has 0 bridgehead atoms. The number of non-ortho nitro benzene ring substituents is 1. The first-order valence-corrected chi connectivity index (χ1v) is 9.51. The van der Waals surface area contributed by atoms with Crippen LogP contribution in [0.3, 0.4) is 0 Å². The van der Waals surface area contributed by atoms with Crippen molar-refractivity contribution in [1.29, 1.82) is 0 Å². The number of hydrogen-bond acceptors (Lipinski definition) is 6. The van der Waals surface area contributed by atoms with Gasteiger partial charge in [-0.2, -0.15) is 17.9 Å². The average molecular weight is 453 g/mol. The third-order valence-corrected chi connectivity index (χ3v) is 5.38. The summed E-state index contributed by atoms with van der Waals surface area (Å²) in [5, 5.41) is 10.1. The van der Waals surface area contributed by atoms with Crippen LogP contribution in [0.2, 0.25) is 5.02 Å². The van der Waals surface area contributed by atoms with E-state index in [2.05, 4.69) is 0 Å². The first kappa shape index (κ1) is 22.6. The number of ether oxygens (including phenoxy) is 1. The van der Waals surface area contributed by atoms with E-state index >= 15 is 0 Å². The van der Waals surface area contributed by atoms with Crippen molar-refractivity contribution >= 4 is 33.3 Å². The number of halogens is 4. The van der Waals surface area contributed by atoms with Crippen molar-refractivity contribution in [2.45, 2.75) is 17.7 Å². The van der Waals surface area contributed by atoms with Crippen LogP contribution in [0.15, 0.2) is 47.4 Å². The van der Waals surface area contributed by atoms with Crippen molar-refractivity contribution in [2.24, 2.45) is 0 Å². The Morgan fingerprint density at radius 2 is 1.79 bits per heavy atom. The number of hydrogen-bond donors (Lipinski definition) is 1. The minimum absolute atomic E-state index is 0.161. The molecule has 0 unspecified atom stereocenters. The van der Waals surface area contributed by atoms with Crippen LogP contribution < -0.4 is 4.72 Å². The fourth-order valence-corrected chi connectivity index (χ4v) is 3.54. The zero-order chi connectivity index (χ0) is 21.8. The van der Waals surface area contributed by atoms with Crippen LogP contribution in [0.4, 0.5) is 18.9 Å². The van der Waals surface area contributed by atoms with Gasteiger partial charge in [0.15, 0.2) is 0 Å². The molecular weight excluding hydrogens is 441 g/mol. The summed E-state index contributed by atoms with van der Waals surface area (Å²) in [4.78, 5) is 20.8. The number of carbonyl (C=O) groups is 1. The lowest BCUT2D eigenvalue weighted by molar-refractivity contribution is -0.384. The lowest BCUT2D eigenvalue weighted by atomic mass is 10.2. The Balaban J connectivity index is 1.99. The van der Waals surface area contributed by atoms with Crippen LogP contribution in [-0.2, 0) is 32.3 Å². The van der Waals surface area contributed by atoms with Crippen LogP contribution in [0.25, 0.3) is 0 Å². The molecule has 0 saturated heterocycles. The van der Waals surface area contributed by atoms with Crippen molar-refractivity contribution in [2.75, 3.05) is 6.54 Å². The van der Waals surface area contributed by atoms with E-state index in [9.17, 15) is 36.5 Å². The zero-order valence-corrected chi connectivity index (χ0v) is 15.8. The number of benzene rings is 2. The fraction of sp³-hybridized carbons (Fsp3) is 0.188. The molecule has 0 saturated carbocycles. The SMILES string of the molecule is O=C(CNS(=O)(=O)c1cc(C(F)(F)F)ccc1Cl)OCc1ccc([N+](=O)[O-])cc1. The van der Waals surface area contributed by atoms with Crippen molar-refractivity contribution in [3.63, 3.8) is 0 Å². The number of alkyl halides is 3. The molecule has 0 heterocycles. The molecule has 0 aromatic heterocycles. The molecule has 0 aliphatic heterocycles. The summed E-state index contributed by atoms with van der Waals surface area (Å²) in [5.41, 5.74) is -0.971. The molecule has 1 N–H and O–H groups in total. The third kappa shape index (κ3) is 6.14. The van der Waals surface area contributed by atoms with E-state index in [0.29, 0.717) is 17.7 Å². The third-order valence-electron chi connectivity index (χ3n) is 3.50. The highest BCUT2D eigenvalue weighted by Gasteiger charge is 2.32. The van der Waals surface area contributed by atoms with E-state index in [-0.39, 0.29) is 12.3 Å². The molecular formula is C16H12ClF3N2O6S. The van der Waals surface area contributed by atoms with Gasteiger partial charge in [-0.15, -0.1) is 0 Å². The van der Waals surface area contributed by atoms with Crippen LogP contribution in [-0.4, -0.2) is 25.9 Å². The lowest BCUT2D eigenvalue weighted by Crippen LogP contribution is -2.31. The number of nitro groups is 1. The summed E-state index contributed by atoms with van der Waals surface area (Å²) in [6.45, 7) is -1.15. The molecule has 0 atom stereocenters. The minimum atomic E-state index is -4.78. The van der Waals surface area contributed by atoms with E-state index in [1.165, 1.54) is 24.3 Å². The maximum atomic E-state index is 12.8. The molecule has 13 heteroatoms. The number of nitrogens with one attached hydrogen (secondary N) is 1. The normalized spacial score (nSPS) is 11.9. The van der Waals surface area contributed by atoms with Gasteiger partial charge in [0.25, 0.3) is 5.69 Å². The number of sulfonamides is 1. The highest BCUT2D eigenvalue weighted by atomic mass is 35.5. The van der Waals surface area contributed by atoms with E-state index in [0.717, 1.165) is 6.07 Å². The molecule has 2 aromatic rings. The van der Waals surface area contributed by atoms with Gasteiger partial charge in [-0.1, -0.05) is 11.6 Å². The minimum Gasteiger partial charge on any atom is -0.460 e. The van der Waals surface area contributed by atoms with Gasteiger partial charge >= 0.3 is 12.1 Å². The topological polar surface area (TPSA) is 116 Å². The second-order valence-electron chi connectivity index (χ2n) is 5.55. The molecule has 156 valence electrons. The van der Waals surface area contributed by atoms with Gasteiger partial charge < -0.3 is 4.74 Å². The van der Waals surface area contributed by atoms with Crippen LogP contribution >= 0.6 is 11.6 Å². The summed E-state index contributed by atoms with van der Waals surface area (Å²) >= 11 is 5.67. The summed E-state index contributed by atoms with van der Waals surface area (Å²) in [6, 6.07) is 6.84. The van der Waals surface area contributed by atoms with Crippen LogP contribution in [0.1, 0.15) is 11.1 Å². The van der Waals surface area contributed by atoms with Gasteiger partial charge in [0.2, 0.25) is 10.0 Å². The molecule has 0 radical (unpaired) electrons. The highest BCUT2D eigenvalue weighted by molar-refractivity contribution is 7.89. The quantitative estimate of drug-likeness (QED) is 0.391. The molecule has 0 aliphatic rings. The van der Waals surface area contributed by atoms with Crippen molar-refractivity contribution < 1.29 is 36.0 Å². The smallest absolute Gasteiger partial charge is 0.416 e. The largest absolute Gasteiger partial charge is 0.460 e.